The minimum Gasteiger partial charge on any atom is -0.465 e. The molecule has 0 aromatic heterocycles. The van der Waals surface area contributed by atoms with Crippen molar-refractivity contribution in [2.75, 3.05) is 12.4 Å². The van der Waals surface area contributed by atoms with Crippen LogP contribution in [0.3, 0.4) is 0 Å². The molecule has 0 saturated carbocycles. The molecule has 94 valence electrons. The highest BCUT2D eigenvalue weighted by Gasteiger charge is 2.18. The topological polar surface area (TPSA) is 60.4 Å². The number of benzene rings is 1. The number of sulfone groups is 1. The van der Waals surface area contributed by atoms with Crippen LogP contribution in [0, 0.1) is 0 Å². The largest absolute Gasteiger partial charge is 0.465 e. The SMILES string of the molecule is CCOC(=O)CS(=O)(=O)Cc1ccc(Br)cc1. The van der Waals surface area contributed by atoms with Gasteiger partial charge in [-0.3, -0.25) is 4.79 Å². The molecule has 0 N–H and O–H groups in total. The fourth-order valence-corrected chi connectivity index (χ4v) is 2.78. The van der Waals surface area contributed by atoms with Crippen LogP contribution >= 0.6 is 15.9 Å². The molecule has 0 aliphatic carbocycles. The van der Waals surface area contributed by atoms with Gasteiger partial charge in [0.15, 0.2) is 9.84 Å². The van der Waals surface area contributed by atoms with Crippen LogP contribution in [0.5, 0.6) is 0 Å². The molecule has 0 aliphatic heterocycles. The lowest BCUT2D eigenvalue weighted by molar-refractivity contribution is -0.139. The summed E-state index contributed by atoms with van der Waals surface area (Å²) >= 11 is 3.26. The van der Waals surface area contributed by atoms with Crippen molar-refractivity contribution in [3.8, 4) is 0 Å². The fourth-order valence-electron chi connectivity index (χ4n) is 1.27. The first-order valence-corrected chi connectivity index (χ1v) is 7.65. The Morgan fingerprint density at radius 1 is 1.29 bits per heavy atom. The van der Waals surface area contributed by atoms with E-state index in [-0.39, 0.29) is 12.4 Å². The van der Waals surface area contributed by atoms with Crippen molar-refractivity contribution in [1.29, 1.82) is 0 Å². The smallest absolute Gasteiger partial charge is 0.321 e. The highest BCUT2D eigenvalue weighted by molar-refractivity contribution is 9.10. The summed E-state index contributed by atoms with van der Waals surface area (Å²) in [5.74, 6) is -1.43. The van der Waals surface area contributed by atoms with Crippen molar-refractivity contribution in [3.63, 3.8) is 0 Å². The van der Waals surface area contributed by atoms with Gasteiger partial charge in [0.05, 0.1) is 12.4 Å². The molecule has 0 bridgehead atoms. The first-order valence-electron chi connectivity index (χ1n) is 5.03. The zero-order chi connectivity index (χ0) is 12.9. The predicted octanol–water partition coefficient (Wildman–Crippen LogP) is 1.93. The number of carbonyl (C=O) groups excluding carboxylic acids is 1. The quantitative estimate of drug-likeness (QED) is 0.778. The van der Waals surface area contributed by atoms with Crippen molar-refractivity contribution < 1.29 is 17.9 Å². The molecule has 1 rings (SSSR count). The third-order valence-corrected chi connectivity index (χ3v) is 3.92. The molecule has 1 aromatic rings. The Morgan fingerprint density at radius 2 is 1.88 bits per heavy atom. The van der Waals surface area contributed by atoms with Gasteiger partial charge in [0.2, 0.25) is 0 Å². The zero-order valence-corrected chi connectivity index (χ0v) is 11.8. The molecule has 0 aliphatic rings. The molecular weight excluding hydrogens is 308 g/mol. The molecule has 0 unspecified atom stereocenters. The minimum atomic E-state index is -3.46. The Hall–Kier alpha value is -0.880. The summed E-state index contributed by atoms with van der Waals surface area (Å²) in [5.41, 5.74) is 0.650. The molecule has 0 heterocycles. The highest BCUT2D eigenvalue weighted by Crippen LogP contribution is 2.13. The molecule has 6 heteroatoms. The van der Waals surface area contributed by atoms with E-state index in [9.17, 15) is 13.2 Å². The molecule has 0 amide bonds. The first kappa shape index (κ1) is 14.2. The van der Waals surface area contributed by atoms with Gasteiger partial charge in [0.1, 0.15) is 5.75 Å². The molecule has 0 spiro atoms. The third-order valence-electron chi connectivity index (χ3n) is 1.94. The van der Waals surface area contributed by atoms with Crippen LogP contribution in [0.4, 0.5) is 0 Å². The van der Waals surface area contributed by atoms with Crippen LogP contribution in [0.1, 0.15) is 12.5 Å². The normalized spacial score (nSPS) is 11.2. The van der Waals surface area contributed by atoms with Gasteiger partial charge in [-0.25, -0.2) is 8.42 Å². The summed E-state index contributed by atoms with van der Waals surface area (Å²) in [7, 11) is -3.46. The summed E-state index contributed by atoms with van der Waals surface area (Å²) in [6.45, 7) is 1.83. The second-order valence-electron chi connectivity index (χ2n) is 3.46. The van der Waals surface area contributed by atoms with Gasteiger partial charge in [0, 0.05) is 4.47 Å². The van der Waals surface area contributed by atoms with Gasteiger partial charge in [-0.1, -0.05) is 28.1 Å². The van der Waals surface area contributed by atoms with E-state index < -0.39 is 21.6 Å². The maximum absolute atomic E-state index is 11.7. The molecule has 1 aromatic carbocycles. The number of esters is 1. The molecule has 0 atom stereocenters. The van der Waals surface area contributed by atoms with Crippen LogP contribution in [0.2, 0.25) is 0 Å². The van der Waals surface area contributed by atoms with Crippen molar-refractivity contribution in [3.05, 3.63) is 34.3 Å². The summed E-state index contributed by atoms with van der Waals surface area (Å²) in [6.07, 6.45) is 0. The Kier molecular flexibility index (Phi) is 5.14. The van der Waals surface area contributed by atoms with E-state index >= 15 is 0 Å². The van der Waals surface area contributed by atoms with Crippen LogP contribution in [0.15, 0.2) is 28.7 Å². The second kappa shape index (κ2) is 6.16. The first-order chi connectivity index (χ1) is 7.93. The van der Waals surface area contributed by atoms with Gasteiger partial charge < -0.3 is 4.74 Å². The van der Waals surface area contributed by atoms with Gasteiger partial charge in [-0.2, -0.15) is 0 Å². The number of hydrogen-bond donors (Lipinski definition) is 0. The Labute approximate surface area is 109 Å². The highest BCUT2D eigenvalue weighted by atomic mass is 79.9. The summed E-state index contributed by atoms with van der Waals surface area (Å²) < 4.78 is 28.8. The molecule has 17 heavy (non-hydrogen) atoms. The standard InChI is InChI=1S/C11H13BrO4S/c1-2-16-11(13)8-17(14,15)7-9-3-5-10(12)6-4-9/h3-6H,2,7-8H2,1H3. The number of carbonyl (C=O) groups is 1. The summed E-state index contributed by atoms with van der Waals surface area (Å²) in [6, 6.07) is 6.92. The Balaban J connectivity index is 2.66. The van der Waals surface area contributed by atoms with Gasteiger partial charge in [-0.05, 0) is 24.6 Å². The molecule has 4 nitrogen and oxygen atoms in total. The minimum absolute atomic E-state index is 0.154. The summed E-state index contributed by atoms with van der Waals surface area (Å²) in [4.78, 5) is 11.1. The lowest BCUT2D eigenvalue weighted by Crippen LogP contribution is -2.19. The van der Waals surface area contributed by atoms with Crippen LogP contribution in [0.25, 0.3) is 0 Å². The van der Waals surface area contributed by atoms with E-state index in [0.717, 1.165) is 4.47 Å². The maximum Gasteiger partial charge on any atom is 0.321 e. The van der Waals surface area contributed by atoms with Gasteiger partial charge in [0.25, 0.3) is 0 Å². The fraction of sp³-hybridized carbons (Fsp3) is 0.364. The second-order valence-corrected chi connectivity index (χ2v) is 6.44. The van der Waals surface area contributed by atoms with E-state index in [4.69, 9.17) is 0 Å². The third kappa shape index (κ3) is 5.32. The van der Waals surface area contributed by atoms with E-state index in [2.05, 4.69) is 20.7 Å². The zero-order valence-electron chi connectivity index (χ0n) is 9.35. The average Bonchev–Trinajstić information content (AvgIpc) is 2.20. The molecule has 0 fully saturated rings. The van der Waals surface area contributed by atoms with Crippen LogP contribution in [-0.4, -0.2) is 26.7 Å². The molecule has 0 radical (unpaired) electrons. The van der Waals surface area contributed by atoms with E-state index in [1.54, 1.807) is 31.2 Å². The summed E-state index contributed by atoms with van der Waals surface area (Å²) in [5, 5.41) is 0. The number of ether oxygens (including phenoxy) is 1. The average molecular weight is 321 g/mol. The molecular formula is C11H13BrO4S. The van der Waals surface area contributed by atoms with Crippen LogP contribution in [-0.2, 0) is 25.1 Å². The van der Waals surface area contributed by atoms with E-state index in [1.165, 1.54) is 0 Å². The number of hydrogen-bond acceptors (Lipinski definition) is 4. The van der Waals surface area contributed by atoms with Crippen molar-refractivity contribution in [1.82, 2.24) is 0 Å². The van der Waals surface area contributed by atoms with Crippen molar-refractivity contribution in [2.24, 2.45) is 0 Å². The van der Waals surface area contributed by atoms with Gasteiger partial charge in [-0.15, -0.1) is 0 Å². The van der Waals surface area contributed by atoms with E-state index in [1.807, 2.05) is 0 Å². The lowest BCUT2D eigenvalue weighted by atomic mass is 10.2. The van der Waals surface area contributed by atoms with Gasteiger partial charge >= 0.3 is 5.97 Å². The Bertz CT molecular complexity index is 479. The number of halogens is 1. The lowest BCUT2D eigenvalue weighted by Gasteiger charge is -2.04. The van der Waals surface area contributed by atoms with Crippen LogP contribution < -0.4 is 0 Å². The predicted molar refractivity (Wildman–Crippen MR) is 68.3 cm³/mol. The maximum atomic E-state index is 11.7. The monoisotopic (exact) mass is 320 g/mol. The molecule has 0 saturated heterocycles. The number of rotatable bonds is 5. The Morgan fingerprint density at radius 3 is 2.41 bits per heavy atom. The van der Waals surface area contributed by atoms with E-state index in [0.29, 0.717) is 5.56 Å². The van der Waals surface area contributed by atoms with Crippen molar-refractivity contribution >= 4 is 31.7 Å². The van der Waals surface area contributed by atoms with Crippen molar-refractivity contribution in [2.45, 2.75) is 12.7 Å².